The van der Waals surface area contributed by atoms with Gasteiger partial charge in [-0.05, 0) is 36.4 Å². The second-order valence-electron chi connectivity index (χ2n) is 4.39. The zero-order valence-electron chi connectivity index (χ0n) is 10.8. The van der Waals surface area contributed by atoms with Crippen LogP contribution in [0.2, 0.25) is 0 Å². The predicted octanol–water partition coefficient (Wildman–Crippen LogP) is 3.40. The Morgan fingerprint density at radius 1 is 1.05 bits per heavy atom. The molecule has 104 valence electrons. The van der Waals surface area contributed by atoms with Gasteiger partial charge in [0, 0.05) is 10.0 Å². The van der Waals surface area contributed by atoms with Gasteiger partial charge in [0.15, 0.2) is 0 Å². The molecule has 0 amide bonds. The predicted molar refractivity (Wildman–Crippen MR) is 81.5 cm³/mol. The third-order valence-electron chi connectivity index (χ3n) is 3.05. The molecule has 0 spiro atoms. The molecule has 0 saturated carbocycles. The summed E-state index contributed by atoms with van der Waals surface area (Å²) in [4.78, 5) is 10.9. The molecule has 1 N–H and O–H groups in total. The SMILES string of the molecule is O=C(O)c1ccc(-n2nncc2-c2ccc(Br)cc2)cc1. The van der Waals surface area contributed by atoms with Gasteiger partial charge < -0.3 is 5.11 Å². The van der Waals surface area contributed by atoms with Crippen LogP contribution in [0.1, 0.15) is 10.4 Å². The Balaban J connectivity index is 2.02. The van der Waals surface area contributed by atoms with Gasteiger partial charge in [0.05, 0.1) is 23.1 Å². The van der Waals surface area contributed by atoms with Gasteiger partial charge in [-0.15, -0.1) is 5.10 Å². The fourth-order valence-corrected chi connectivity index (χ4v) is 2.25. The van der Waals surface area contributed by atoms with Crippen molar-refractivity contribution in [3.05, 3.63) is 64.8 Å². The molecule has 0 aliphatic carbocycles. The van der Waals surface area contributed by atoms with Crippen LogP contribution in [-0.2, 0) is 0 Å². The number of nitrogens with zero attached hydrogens (tertiary/aromatic N) is 3. The van der Waals surface area contributed by atoms with Crippen LogP contribution in [0, 0.1) is 0 Å². The Kier molecular flexibility index (Phi) is 3.53. The minimum Gasteiger partial charge on any atom is -0.478 e. The molecule has 0 atom stereocenters. The fourth-order valence-electron chi connectivity index (χ4n) is 1.99. The summed E-state index contributed by atoms with van der Waals surface area (Å²) in [5, 5.41) is 16.9. The summed E-state index contributed by atoms with van der Waals surface area (Å²) in [6, 6.07) is 14.3. The van der Waals surface area contributed by atoms with Gasteiger partial charge in [-0.25, -0.2) is 9.48 Å². The Labute approximate surface area is 129 Å². The lowest BCUT2D eigenvalue weighted by molar-refractivity contribution is 0.0697. The molecule has 0 radical (unpaired) electrons. The maximum atomic E-state index is 10.9. The summed E-state index contributed by atoms with van der Waals surface area (Å²) < 4.78 is 2.67. The molecule has 3 rings (SSSR count). The van der Waals surface area contributed by atoms with E-state index < -0.39 is 5.97 Å². The quantitative estimate of drug-likeness (QED) is 0.791. The van der Waals surface area contributed by atoms with E-state index in [1.54, 1.807) is 35.1 Å². The van der Waals surface area contributed by atoms with E-state index in [1.165, 1.54) is 0 Å². The molecule has 0 fully saturated rings. The highest BCUT2D eigenvalue weighted by molar-refractivity contribution is 9.10. The Morgan fingerprint density at radius 3 is 2.33 bits per heavy atom. The van der Waals surface area contributed by atoms with Crippen molar-refractivity contribution in [2.24, 2.45) is 0 Å². The first-order chi connectivity index (χ1) is 10.1. The van der Waals surface area contributed by atoms with Crippen LogP contribution in [0.3, 0.4) is 0 Å². The second-order valence-corrected chi connectivity index (χ2v) is 5.31. The van der Waals surface area contributed by atoms with Gasteiger partial charge >= 0.3 is 5.97 Å². The molecule has 21 heavy (non-hydrogen) atoms. The zero-order chi connectivity index (χ0) is 14.8. The van der Waals surface area contributed by atoms with Crippen molar-refractivity contribution in [1.29, 1.82) is 0 Å². The average Bonchev–Trinajstić information content (AvgIpc) is 2.97. The van der Waals surface area contributed by atoms with Crippen molar-refractivity contribution >= 4 is 21.9 Å². The van der Waals surface area contributed by atoms with E-state index in [0.717, 1.165) is 21.4 Å². The third kappa shape index (κ3) is 2.71. The number of hydrogen-bond donors (Lipinski definition) is 1. The maximum absolute atomic E-state index is 10.9. The molecule has 1 aromatic heterocycles. The topological polar surface area (TPSA) is 68.0 Å². The zero-order valence-corrected chi connectivity index (χ0v) is 12.4. The number of halogens is 1. The number of hydrogen-bond acceptors (Lipinski definition) is 3. The number of aromatic nitrogens is 3. The average molecular weight is 344 g/mol. The summed E-state index contributed by atoms with van der Waals surface area (Å²) in [6.45, 7) is 0. The molecule has 0 unspecified atom stereocenters. The van der Waals surface area contributed by atoms with Gasteiger partial charge in [0.1, 0.15) is 0 Å². The Morgan fingerprint density at radius 2 is 1.71 bits per heavy atom. The minimum absolute atomic E-state index is 0.240. The summed E-state index contributed by atoms with van der Waals surface area (Å²) in [6.07, 6.45) is 1.67. The smallest absolute Gasteiger partial charge is 0.335 e. The van der Waals surface area contributed by atoms with Crippen LogP contribution in [0.5, 0.6) is 0 Å². The monoisotopic (exact) mass is 343 g/mol. The van der Waals surface area contributed by atoms with Crippen molar-refractivity contribution in [3.8, 4) is 16.9 Å². The van der Waals surface area contributed by atoms with Crippen LogP contribution in [-0.4, -0.2) is 26.1 Å². The molecule has 0 saturated heterocycles. The molecule has 5 nitrogen and oxygen atoms in total. The molecule has 1 heterocycles. The molecule has 2 aromatic carbocycles. The largest absolute Gasteiger partial charge is 0.478 e. The number of benzene rings is 2. The fraction of sp³-hybridized carbons (Fsp3) is 0. The van der Waals surface area contributed by atoms with Crippen LogP contribution >= 0.6 is 15.9 Å². The van der Waals surface area contributed by atoms with Gasteiger partial charge in [0.25, 0.3) is 0 Å². The van der Waals surface area contributed by atoms with Gasteiger partial charge in [-0.1, -0.05) is 33.3 Å². The van der Waals surface area contributed by atoms with Gasteiger partial charge in [-0.2, -0.15) is 0 Å². The Hall–Kier alpha value is -2.47. The number of carboxylic acids is 1. The van der Waals surface area contributed by atoms with Crippen LogP contribution in [0.25, 0.3) is 16.9 Å². The van der Waals surface area contributed by atoms with Crippen molar-refractivity contribution in [1.82, 2.24) is 15.0 Å². The number of carbonyl (C=O) groups is 1. The number of rotatable bonds is 3. The lowest BCUT2D eigenvalue weighted by Gasteiger charge is -2.06. The molecule has 0 aliphatic rings. The van der Waals surface area contributed by atoms with E-state index in [4.69, 9.17) is 5.11 Å². The first-order valence-electron chi connectivity index (χ1n) is 6.15. The van der Waals surface area contributed by atoms with Crippen molar-refractivity contribution in [2.75, 3.05) is 0 Å². The summed E-state index contributed by atoms with van der Waals surface area (Å²) in [5.41, 5.74) is 2.82. The highest BCUT2D eigenvalue weighted by Crippen LogP contribution is 2.23. The van der Waals surface area contributed by atoms with E-state index in [0.29, 0.717) is 0 Å². The van der Waals surface area contributed by atoms with Crippen LogP contribution in [0.4, 0.5) is 0 Å². The van der Waals surface area contributed by atoms with Gasteiger partial charge in [-0.3, -0.25) is 0 Å². The molecule has 3 aromatic rings. The Bertz CT molecular complexity index is 779. The van der Waals surface area contributed by atoms with E-state index in [-0.39, 0.29) is 5.56 Å². The van der Waals surface area contributed by atoms with E-state index in [2.05, 4.69) is 26.2 Å². The van der Waals surface area contributed by atoms with Crippen molar-refractivity contribution in [3.63, 3.8) is 0 Å². The van der Waals surface area contributed by atoms with Crippen molar-refractivity contribution in [2.45, 2.75) is 0 Å². The van der Waals surface area contributed by atoms with Crippen LogP contribution in [0.15, 0.2) is 59.2 Å². The summed E-state index contributed by atoms with van der Waals surface area (Å²) in [7, 11) is 0. The second kappa shape index (κ2) is 5.49. The number of aromatic carboxylic acids is 1. The van der Waals surface area contributed by atoms with Crippen molar-refractivity contribution < 1.29 is 9.90 Å². The normalized spacial score (nSPS) is 10.5. The van der Waals surface area contributed by atoms with E-state index in [9.17, 15) is 4.79 Å². The lowest BCUT2D eigenvalue weighted by atomic mass is 10.1. The maximum Gasteiger partial charge on any atom is 0.335 e. The standard InChI is InChI=1S/C15H10BrN3O2/c16-12-5-1-10(2-6-12)14-9-17-18-19(14)13-7-3-11(4-8-13)15(20)21/h1-9H,(H,20,21). The molecule has 0 bridgehead atoms. The highest BCUT2D eigenvalue weighted by Gasteiger charge is 2.09. The first kappa shape index (κ1) is 13.5. The third-order valence-corrected chi connectivity index (χ3v) is 3.58. The van der Waals surface area contributed by atoms with E-state index in [1.807, 2.05) is 24.3 Å². The van der Waals surface area contributed by atoms with E-state index >= 15 is 0 Å². The summed E-state index contributed by atoms with van der Waals surface area (Å²) >= 11 is 3.40. The first-order valence-corrected chi connectivity index (χ1v) is 6.95. The molecule has 0 aliphatic heterocycles. The lowest BCUT2D eigenvalue weighted by Crippen LogP contribution is -2.01. The number of carboxylic acid groups (broad SMARTS) is 1. The van der Waals surface area contributed by atoms with Crippen LogP contribution < -0.4 is 0 Å². The molecular formula is C15H10BrN3O2. The molecule has 6 heteroatoms. The minimum atomic E-state index is -0.951. The molecular weight excluding hydrogens is 334 g/mol. The summed E-state index contributed by atoms with van der Waals surface area (Å²) in [5.74, 6) is -0.951. The van der Waals surface area contributed by atoms with Gasteiger partial charge in [0.2, 0.25) is 0 Å². The highest BCUT2D eigenvalue weighted by atomic mass is 79.9.